The molecule has 0 radical (unpaired) electrons. The van der Waals surface area contributed by atoms with Crippen LogP contribution in [-0.4, -0.2) is 24.0 Å². The number of anilines is 1. The molecule has 0 saturated carbocycles. The minimum atomic E-state index is -0.613. The number of halogens is 2. The van der Waals surface area contributed by atoms with Crippen LogP contribution in [0.2, 0.25) is 0 Å². The van der Waals surface area contributed by atoms with E-state index in [0.717, 1.165) is 11.8 Å². The molecule has 1 amide bonds. The Bertz CT molecular complexity index is 1020. The lowest BCUT2D eigenvalue weighted by Gasteiger charge is -2.05. The Morgan fingerprint density at radius 1 is 1.33 bits per heavy atom. The van der Waals surface area contributed by atoms with E-state index >= 15 is 0 Å². The summed E-state index contributed by atoms with van der Waals surface area (Å²) in [5.74, 6) is -0.454. The molecule has 0 unspecified atom stereocenters. The van der Waals surface area contributed by atoms with Gasteiger partial charge in [0.2, 0.25) is 11.6 Å². The maximum atomic E-state index is 13.8. The zero-order chi connectivity index (χ0) is 19.4. The van der Waals surface area contributed by atoms with Crippen LogP contribution < -0.4 is 20.4 Å². The molecule has 140 valence electrons. The Kier molecular flexibility index (Phi) is 5.97. The number of H-pyrrole nitrogens is 1. The lowest BCUT2D eigenvalue weighted by atomic mass is 10.3. The third kappa shape index (κ3) is 4.58. The fourth-order valence-electron chi connectivity index (χ4n) is 2.20. The van der Waals surface area contributed by atoms with Gasteiger partial charge in [0.1, 0.15) is 11.6 Å². The molecular weight excluding hydrogens is 441 g/mol. The number of methoxy groups -OCH3 is 1. The van der Waals surface area contributed by atoms with E-state index in [1.165, 1.54) is 16.8 Å². The van der Waals surface area contributed by atoms with Crippen molar-refractivity contribution in [3.05, 3.63) is 63.2 Å². The van der Waals surface area contributed by atoms with Crippen molar-refractivity contribution in [2.45, 2.75) is 5.03 Å². The number of hydrogen-bond acceptors (Lipinski definition) is 5. The molecule has 0 bridgehead atoms. The van der Waals surface area contributed by atoms with Crippen molar-refractivity contribution in [1.82, 2.24) is 5.27 Å². The molecule has 27 heavy (non-hydrogen) atoms. The summed E-state index contributed by atoms with van der Waals surface area (Å²) in [5.41, 5.74) is 0.0786. The largest absolute Gasteiger partial charge is 0.497 e. The number of carbonyl (C=O) groups is 1. The molecular formula is C17H14BrFN3O4S+. The van der Waals surface area contributed by atoms with Gasteiger partial charge >= 0.3 is 10.7 Å². The van der Waals surface area contributed by atoms with Crippen LogP contribution in [0, 0.1) is 5.82 Å². The monoisotopic (exact) mass is 454 g/mol. The van der Waals surface area contributed by atoms with Gasteiger partial charge in [-0.2, -0.15) is 0 Å². The molecule has 0 fully saturated rings. The number of amides is 1. The molecule has 0 atom stereocenters. The number of hydrogen-bond donors (Lipinski definition) is 2. The summed E-state index contributed by atoms with van der Waals surface area (Å²) >= 11 is 4.12. The van der Waals surface area contributed by atoms with Crippen molar-refractivity contribution >= 4 is 39.3 Å². The molecule has 10 heteroatoms. The number of aromatic nitrogens is 2. The predicted octanol–water partition coefficient (Wildman–Crippen LogP) is 2.89. The molecule has 0 aliphatic heterocycles. The Hall–Kier alpha value is -2.59. The van der Waals surface area contributed by atoms with Crippen molar-refractivity contribution in [3.63, 3.8) is 0 Å². The van der Waals surface area contributed by atoms with Crippen molar-refractivity contribution in [3.8, 4) is 11.4 Å². The maximum absolute atomic E-state index is 13.8. The summed E-state index contributed by atoms with van der Waals surface area (Å²) in [5, 5.41) is 5.14. The Morgan fingerprint density at radius 2 is 2.07 bits per heavy atom. The summed E-state index contributed by atoms with van der Waals surface area (Å²) in [6, 6.07) is 11.2. The summed E-state index contributed by atoms with van der Waals surface area (Å²) in [4.78, 5) is 24.0. The van der Waals surface area contributed by atoms with Crippen LogP contribution in [0.25, 0.3) is 5.69 Å². The lowest BCUT2D eigenvalue weighted by molar-refractivity contribution is -0.704. The molecule has 0 saturated heterocycles. The van der Waals surface area contributed by atoms with E-state index in [9.17, 15) is 14.0 Å². The lowest BCUT2D eigenvalue weighted by Crippen LogP contribution is -2.36. The number of aromatic amines is 1. The normalized spacial score (nSPS) is 10.6. The van der Waals surface area contributed by atoms with Crippen LogP contribution in [-0.2, 0) is 4.79 Å². The van der Waals surface area contributed by atoms with E-state index in [4.69, 9.17) is 9.26 Å². The highest BCUT2D eigenvalue weighted by molar-refractivity contribution is 9.10. The number of nitrogens with one attached hydrogen (secondary N) is 2. The van der Waals surface area contributed by atoms with Crippen LogP contribution in [0.1, 0.15) is 0 Å². The smallest absolute Gasteiger partial charge is 0.442 e. The average molecular weight is 455 g/mol. The van der Waals surface area contributed by atoms with E-state index in [1.807, 2.05) is 0 Å². The number of rotatable bonds is 6. The van der Waals surface area contributed by atoms with Crippen LogP contribution in [0.5, 0.6) is 5.75 Å². The molecule has 0 aliphatic carbocycles. The maximum Gasteiger partial charge on any atom is 0.442 e. The summed E-state index contributed by atoms with van der Waals surface area (Å²) in [6.45, 7) is 0. The first-order chi connectivity index (χ1) is 13.0. The average Bonchev–Trinajstić information content (AvgIpc) is 3.03. The predicted molar refractivity (Wildman–Crippen MR) is 101 cm³/mol. The highest BCUT2D eigenvalue weighted by Crippen LogP contribution is 2.20. The highest BCUT2D eigenvalue weighted by atomic mass is 79.9. The first kappa shape index (κ1) is 19.2. The first-order valence-corrected chi connectivity index (χ1v) is 9.41. The fourth-order valence-corrected chi connectivity index (χ4v) is 3.30. The third-order valence-electron chi connectivity index (χ3n) is 3.48. The second-order valence-electron chi connectivity index (χ2n) is 5.28. The molecule has 3 rings (SSSR count). The van der Waals surface area contributed by atoms with Gasteiger partial charge in [-0.05, 0) is 52.0 Å². The zero-order valence-corrected chi connectivity index (χ0v) is 16.4. The van der Waals surface area contributed by atoms with E-state index in [0.29, 0.717) is 15.9 Å². The molecule has 0 spiro atoms. The molecule has 1 heterocycles. The van der Waals surface area contributed by atoms with Gasteiger partial charge in [0, 0.05) is 16.6 Å². The van der Waals surface area contributed by atoms with E-state index in [1.54, 1.807) is 37.4 Å². The van der Waals surface area contributed by atoms with Crippen molar-refractivity contribution in [2.24, 2.45) is 0 Å². The number of nitrogens with zero attached hydrogens (tertiary/aromatic N) is 1. The number of benzene rings is 2. The second-order valence-corrected chi connectivity index (χ2v) is 7.16. The quantitative estimate of drug-likeness (QED) is 0.441. The number of ether oxygens (including phenoxy) is 1. The number of carbonyl (C=O) groups excluding carboxylic acids is 1. The topological polar surface area (TPSA) is 88.2 Å². The molecule has 2 N–H and O–H groups in total. The van der Waals surface area contributed by atoms with Gasteiger partial charge in [0.05, 0.1) is 18.6 Å². The minimum absolute atomic E-state index is 0.0629. The SMILES string of the molecule is COc1ccc(-[n+]2[nH]oc(=O)c2SCC(=O)Nc2ccc(Br)cc2F)cc1. The van der Waals surface area contributed by atoms with Gasteiger partial charge < -0.3 is 10.1 Å². The van der Waals surface area contributed by atoms with Crippen LogP contribution in [0.3, 0.4) is 0 Å². The van der Waals surface area contributed by atoms with E-state index in [2.05, 4.69) is 26.5 Å². The van der Waals surface area contributed by atoms with Gasteiger partial charge in [-0.3, -0.25) is 9.32 Å². The van der Waals surface area contributed by atoms with Crippen molar-refractivity contribution in [2.75, 3.05) is 18.2 Å². The molecule has 3 aromatic rings. The molecule has 1 aromatic heterocycles. The van der Waals surface area contributed by atoms with E-state index in [-0.39, 0.29) is 16.5 Å². The summed E-state index contributed by atoms with van der Waals surface area (Å²) in [6.07, 6.45) is 0. The Balaban J connectivity index is 1.71. The second kappa shape index (κ2) is 8.40. The van der Waals surface area contributed by atoms with E-state index < -0.39 is 17.3 Å². The van der Waals surface area contributed by atoms with Gasteiger partial charge in [-0.15, -0.1) is 0 Å². The molecule has 7 nitrogen and oxygen atoms in total. The third-order valence-corrected chi connectivity index (χ3v) is 5.01. The molecule has 0 aliphatic rings. The van der Waals surface area contributed by atoms with Crippen LogP contribution in [0.15, 0.2) is 61.3 Å². The highest BCUT2D eigenvalue weighted by Gasteiger charge is 2.25. The first-order valence-electron chi connectivity index (χ1n) is 7.63. The van der Waals surface area contributed by atoms with Gasteiger partial charge in [0.15, 0.2) is 0 Å². The van der Waals surface area contributed by atoms with Crippen LogP contribution >= 0.6 is 27.7 Å². The minimum Gasteiger partial charge on any atom is -0.497 e. The standard InChI is InChI=1S/C17H13BrFN3O4S/c1-25-12-5-3-11(4-6-12)22-16(17(24)26-21-22)27-9-15(23)20-14-7-2-10(18)8-13(14)19/h2-8H,9H2,1H3,(H-,20,21,23,24)/p+1. The van der Waals surface area contributed by atoms with Crippen LogP contribution in [0.4, 0.5) is 10.1 Å². The molecule has 2 aromatic carbocycles. The Labute approximate surface area is 165 Å². The number of thioether (sulfide) groups is 1. The summed E-state index contributed by atoms with van der Waals surface area (Å²) < 4.78 is 25.7. The van der Waals surface area contributed by atoms with Crippen molar-refractivity contribution in [1.29, 1.82) is 0 Å². The fraction of sp³-hybridized carbons (Fsp3) is 0.118. The van der Waals surface area contributed by atoms with Gasteiger partial charge in [-0.1, -0.05) is 15.9 Å². The van der Waals surface area contributed by atoms with Crippen molar-refractivity contribution < 1.29 is 23.1 Å². The van der Waals surface area contributed by atoms with Gasteiger partial charge in [-0.25, -0.2) is 9.18 Å². The zero-order valence-electron chi connectivity index (χ0n) is 14.0. The van der Waals surface area contributed by atoms with Gasteiger partial charge in [0.25, 0.3) is 0 Å². The summed E-state index contributed by atoms with van der Waals surface area (Å²) in [7, 11) is 1.55. The Morgan fingerprint density at radius 3 is 2.74 bits per heavy atom.